The molecule has 142 valence electrons. The van der Waals surface area contributed by atoms with Gasteiger partial charge in [0, 0.05) is 5.92 Å². The second-order valence-electron chi connectivity index (χ2n) is 6.84. The highest BCUT2D eigenvalue weighted by Gasteiger charge is 2.29. The molecule has 1 aliphatic carbocycles. The fraction of sp³-hybridized carbons (Fsp3) is 0.208. The number of alkyl carbamates (subject to hydrolysis) is 1. The van der Waals surface area contributed by atoms with Crippen LogP contribution in [0.5, 0.6) is 0 Å². The van der Waals surface area contributed by atoms with Gasteiger partial charge in [0.1, 0.15) is 6.61 Å². The topological polar surface area (TPSA) is 58.6 Å². The van der Waals surface area contributed by atoms with Gasteiger partial charge in [0.25, 0.3) is 0 Å². The van der Waals surface area contributed by atoms with E-state index in [2.05, 4.69) is 17.4 Å². The summed E-state index contributed by atoms with van der Waals surface area (Å²) < 4.78 is 20.8. The van der Waals surface area contributed by atoms with Crippen LogP contribution >= 0.6 is 0 Å². The van der Waals surface area contributed by atoms with Crippen molar-refractivity contribution in [1.82, 2.24) is 5.32 Å². The maximum Gasteiger partial charge on any atom is 0.407 e. The number of hydrogen-bond donors (Lipinski definition) is 2. The van der Waals surface area contributed by atoms with Crippen molar-refractivity contribution in [2.75, 3.05) is 13.2 Å². The van der Waals surface area contributed by atoms with Crippen LogP contribution in [-0.2, 0) is 11.2 Å². The number of aliphatic hydroxyl groups is 1. The molecule has 0 spiro atoms. The molecule has 2 N–H and O–H groups in total. The van der Waals surface area contributed by atoms with Crippen molar-refractivity contribution in [3.05, 3.63) is 95.6 Å². The molecule has 0 unspecified atom stereocenters. The molecule has 1 amide bonds. The highest BCUT2D eigenvalue weighted by Crippen LogP contribution is 2.44. The summed E-state index contributed by atoms with van der Waals surface area (Å²) in [4.78, 5) is 12.5. The third kappa shape index (κ3) is 3.78. The van der Waals surface area contributed by atoms with E-state index in [9.17, 15) is 9.90 Å². The summed E-state index contributed by atoms with van der Waals surface area (Å²) in [7, 11) is 0. The first kappa shape index (κ1) is 15.9. The first-order valence-electron chi connectivity index (χ1n) is 10.3. The van der Waals surface area contributed by atoms with E-state index >= 15 is 0 Å². The summed E-state index contributed by atoms with van der Waals surface area (Å²) in [5.41, 5.74) is 5.28. The number of carbonyl (C=O) groups is 1. The number of benzene rings is 3. The summed E-state index contributed by atoms with van der Waals surface area (Å²) in [6.07, 6.45) is -0.607. The first-order valence-corrected chi connectivity index (χ1v) is 9.31. The van der Waals surface area contributed by atoms with Crippen LogP contribution in [0.15, 0.2) is 78.9 Å². The van der Waals surface area contributed by atoms with Gasteiger partial charge in [-0.05, 0) is 34.2 Å². The molecule has 0 saturated carbocycles. The van der Waals surface area contributed by atoms with Gasteiger partial charge in [0.15, 0.2) is 0 Å². The van der Waals surface area contributed by atoms with E-state index in [4.69, 9.17) is 7.48 Å². The highest BCUT2D eigenvalue weighted by molar-refractivity contribution is 5.79. The lowest BCUT2D eigenvalue weighted by Crippen LogP contribution is -2.39. The Balaban J connectivity index is 1.45. The van der Waals surface area contributed by atoms with E-state index in [1.54, 1.807) is 0 Å². The van der Waals surface area contributed by atoms with Gasteiger partial charge in [-0.25, -0.2) is 4.79 Å². The minimum absolute atomic E-state index is 0.0818. The third-order valence-corrected chi connectivity index (χ3v) is 5.07. The Morgan fingerprint density at radius 2 is 1.54 bits per heavy atom. The monoisotopic (exact) mass is 375 g/mol. The molecule has 1 atom stereocenters. The van der Waals surface area contributed by atoms with E-state index in [0.29, 0.717) is 0 Å². The zero-order valence-corrected chi connectivity index (χ0v) is 15.3. The Bertz CT molecular complexity index is 988. The van der Waals surface area contributed by atoms with Crippen LogP contribution in [0.1, 0.15) is 25.3 Å². The third-order valence-electron chi connectivity index (χ3n) is 5.07. The molecule has 4 nitrogen and oxygen atoms in total. The Morgan fingerprint density at radius 3 is 2.14 bits per heavy atom. The van der Waals surface area contributed by atoms with Crippen molar-refractivity contribution in [3.8, 4) is 11.1 Å². The summed E-state index contributed by atoms with van der Waals surface area (Å²) in [6.45, 7) is -2.45. The predicted molar refractivity (Wildman–Crippen MR) is 109 cm³/mol. The summed E-state index contributed by atoms with van der Waals surface area (Å²) in [5, 5.41) is 12.4. The van der Waals surface area contributed by atoms with Crippen LogP contribution in [0.4, 0.5) is 4.79 Å². The van der Waals surface area contributed by atoms with Crippen molar-refractivity contribution in [2.24, 2.45) is 0 Å². The molecule has 0 bridgehead atoms. The predicted octanol–water partition coefficient (Wildman–Crippen LogP) is 4.13. The summed E-state index contributed by atoms with van der Waals surface area (Å²) in [6, 6.07) is 24.1. The molecule has 0 saturated heterocycles. The molecule has 1 aliphatic rings. The molecule has 28 heavy (non-hydrogen) atoms. The van der Waals surface area contributed by atoms with Gasteiger partial charge in [-0.2, -0.15) is 0 Å². The summed E-state index contributed by atoms with van der Waals surface area (Å²) in [5.74, 6) is -0.0818. The minimum Gasteiger partial charge on any atom is -0.449 e. The van der Waals surface area contributed by atoms with Gasteiger partial charge in [-0.1, -0.05) is 78.9 Å². The number of fused-ring (bicyclic) bond motifs is 3. The zero-order valence-electron chi connectivity index (χ0n) is 17.3. The molecule has 0 aliphatic heterocycles. The summed E-state index contributed by atoms with van der Waals surface area (Å²) >= 11 is 0. The van der Waals surface area contributed by atoms with E-state index in [1.807, 2.05) is 66.7 Å². The van der Waals surface area contributed by atoms with Crippen molar-refractivity contribution in [3.63, 3.8) is 0 Å². The standard InChI is InChI=1S/C24H23NO3/c26-15-18(14-17-8-2-1-3-9-17)25-24(27)28-16-23-21-12-6-4-10-19(21)20-11-5-7-13-22(20)23/h1-13,18,23,26H,14-16H2,(H,25,27)/t18-/m0/s1/i15D2. The van der Waals surface area contributed by atoms with Gasteiger partial charge >= 0.3 is 6.09 Å². The van der Waals surface area contributed by atoms with Gasteiger partial charge in [-0.3, -0.25) is 0 Å². The zero-order chi connectivity index (χ0) is 21.1. The molecular formula is C24H23NO3. The average molecular weight is 375 g/mol. The highest BCUT2D eigenvalue weighted by atomic mass is 16.5. The SMILES string of the molecule is [2H]C([2H])(O)[C@H](Cc1ccccc1)NC(=O)OCC1c2ccccc2-c2ccccc21. The number of carbonyl (C=O) groups excluding carboxylic acids is 1. The van der Waals surface area contributed by atoms with E-state index in [-0.39, 0.29) is 18.9 Å². The van der Waals surface area contributed by atoms with Crippen LogP contribution in [0.25, 0.3) is 11.1 Å². The molecule has 4 heteroatoms. The Hall–Kier alpha value is -3.11. The number of ether oxygens (including phenoxy) is 1. The molecule has 3 aromatic rings. The maximum atomic E-state index is 12.5. The molecule has 3 aromatic carbocycles. The Morgan fingerprint density at radius 1 is 0.964 bits per heavy atom. The van der Waals surface area contributed by atoms with Crippen LogP contribution in [0.2, 0.25) is 0 Å². The van der Waals surface area contributed by atoms with Gasteiger partial charge in [-0.15, -0.1) is 0 Å². The second kappa shape index (κ2) is 8.28. The molecule has 4 rings (SSSR count). The van der Waals surface area contributed by atoms with Crippen molar-refractivity contribution in [2.45, 2.75) is 18.4 Å². The van der Waals surface area contributed by atoms with Crippen molar-refractivity contribution in [1.29, 1.82) is 0 Å². The normalized spacial score (nSPS) is 15.0. The lowest BCUT2D eigenvalue weighted by molar-refractivity contribution is 0.132. The van der Waals surface area contributed by atoms with E-state index in [0.717, 1.165) is 27.8 Å². The van der Waals surface area contributed by atoms with Gasteiger partial charge < -0.3 is 15.2 Å². The molecule has 0 heterocycles. The average Bonchev–Trinajstić information content (AvgIpc) is 3.06. The van der Waals surface area contributed by atoms with E-state index in [1.165, 1.54) is 0 Å². The quantitative estimate of drug-likeness (QED) is 0.681. The molecule has 0 fully saturated rings. The largest absolute Gasteiger partial charge is 0.449 e. The molecule has 0 aromatic heterocycles. The molecule has 0 radical (unpaired) electrons. The number of amides is 1. The lowest BCUT2D eigenvalue weighted by atomic mass is 9.98. The minimum atomic E-state index is -2.58. The van der Waals surface area contributed by atoms with Crippen LogP contribution < -0.4 is 5.32 Å². The second-order valence-corrected chi connectivity index (χ2v) is 6.84. The van der Waals surface area contributed by atoms with E-state index < -0.39 is 18.7 Å². The van der Waals surface area contributed by atoms with Crippen molar-refractivity contribution < 1.29 is 17.4 Å². The van der Waals surface area contributed by atoms with Crippen LogP contribution in [-0.4, -0.2) is 30.4 Å². The van der Waals surface area contributed by atoms with Gasteiger partial charge in [0.05, 0.1) is 15.3 Å². The number of nitrogens with one attached hydrogen (secondary N) is 1. The fourth-order valence-electron chi connectivity index (χ4n) is 3.76. The number of rotatable bonds is 6. The smallest absolute Gasteiger partial charge is 0.407 e. The Kier molecular flexibility index (Phi) is 4.70. The van der Waals surface area contributed by atoms with Crippen LogP contribution in [0.3, 0.4) is 0 Å². The lowest BCUT2D eigenvalue weighted by Gasteiger charge is -2.18. The Labute approximate surface area is 167 Å². The number of hydrogen-bond acceptors (Lipinski definition) is 3. The van der Waals surface area contributed by atoms with Gasteiger partial charge in [0.2, 0.25) is 0 Å². The van der Waals surface area contributed by atoms with Crippen molar-refractivity contribution >= 4 is 6.09 Å². The fourth-order valence-corrected chi connectivity index (χ4v) is 3.76. The van der Waals surface area contributed by atoms with Crippen LogP contribution in [0, 0.1) is 0 Å². The maximum absolute atomic E-state index is 12.5. The first-order chi connectivity index (χ1) is 14.4. The molecular weight excluding hydrogens is 350 g/mol.